The Kier molecular flexibility index (Phi) is 5.66. The van der Waals surface area contributed by atoms with Gasteiger partial charge in [0, 0.05) is 0 Å². The molecule has 0 heterocycles. The van der Waals surface area contributed by atoms with Gasteiger partial charge in [-0.1, -0.05) is 5.16 Å². The highest BCUT2D eigenvalue weighted by molar-refractivity contribution is 5.90. The molecule has 0 aromatic rings. The van der Waals surface area contributed by atoms with E-state index < -0.39 is 0 Å². The fraction of sp³-hybridized carbons (Fsp3) is 0.889. The standard InChI is InChI=1S/C9H21N3O/c1-8(12-13)9(2,3)11-7-5-4-6-10/h11,13H,4-7,10H2,1-3H3/b12-8+. The highest BCUT2D eigenvalue weighted by Crippen LogP contribution is 2.05. The lowest BCUT2D eigenvalue weighted by Crippen LogP contribution is -2.46. The van der Waals surface area contributed by atoms with Gasteiger partial charge >= 0.3 is 0 Å². The quantitative estimate of drug-likeness (QED) is 0.251. The van der Waals surface area contributed by atoms with Crippen LogP contribution in [0.4, 0.5) is 0 Å². The molecule has 0 rings (SSSR count). The number of unbranched alkanes of at least 4 members (excludes halogenated alkanes) is 1. The van der Waals surface area contributed by atoms with Crippen LogP contribution in [0.5, 0.6) is 0 Å². The van der Waals surface area contributed by atoms with Crippen molar-refractivity contribution in [1.82, 2.24) is 5.32 Å². The zero-order chi connectivity index (χ0) is 10.3. The van der Waals surface area contributed by atoms with Crippen molar-refractivity contribution in [3.63, 3.8) is 0 Å². The lowest BCUT2D eigenvalue weighted by Gasteiger charge is -2.25. The number of hydrogen-bond acceptors (Lipinski definition) is 4. The van der Waals surface area contributed by atoms with Gasteiger partial charge in [-0.2, -0.15) is 0 Å². The van der Waals surface area contributed by atoms with Crippen LogP contribution >= 0.6 is 0 Å². The molecule has 0 aromatic carbocycles. The minimum atomic E-state index is -0.233. The summed E-state index contributed by atoms with van der Waals surface area (Å²) in [5.74, 6) is 0. The smallest absolute Gasteiger partial charge is 0.0734 e. The van der Waals surface area contributed by atoms with E-state index in [2.05, 4.69) is 10.5 Å². The van der Waals surface area contributed by atoms with E-state index in [4.69, 9.17) is 10.9 Å². The van der Waals surface area contributed by atoms with Gasteiger partial charge < -0.3 is 16.3 Å². The van der Waals surface area contributed by atoms with Crippen LogP contribution in [-0.2, 0) is 0 Å². The van der Waals surface area contributed by atoms with E-state index >= 15 is 0 Å². The minimum absolute atomic E-state index is 0.233. The Morgan fingerprint density at radius 1 is 1.46 bits per heavy atom. The third-order valence-electron chi connectivity index (χ3n) is 2.25. The molecule has 0 aliphatic rings. The van der Waals surface area contributed by atoms with Crippen LogP contribution < -0.4 is 11.1 Å². The second kappa shape index (κ2) is 5.94. The number of nitrogens with zero attached hydrogens (tertiary/aromatic N) is 1. The first-order chi connectivity index (χ1) is 6.04. The topological polar surface area (TPSA) is 70.6 Å². The van der Waals surface area contributed by atoms with Crippen LogP contribution in [0.2, 0.25) is 0 Å². The molecule has 0 aliphatic carbocycles. The van der Waals surface area contributed by atoms with Crippen molar-refractivity contribution in [3.8, 4) is 0 Å². The molecule has 4 nitrogen and oxygen atoms in total. The second-order valence-electron chi connectivity index (χ2n) is 3.73. The largest absolute Gasteiger partial charge is 0.411 e. The predicted octanol–water partition coefficient (Wildman–Crippen LogP) is 0.944. The molecule has 0 unspecified atom stereocenters. The van der Waals surface area contributed by atoms with Gasteiger partial charge in [0.15, 0.2) is 0 Å². The molecule has 0 aliphatic heterocycles. The van der Waals surface area contributed by atoms with Crippen molar-refractivity contribution in [2.75, 3.05) is 13.1 Å². The van der Waals surface area contributed by atoms with Crippen LogP contribution in [0.1, 0.15) is 33.6 Å². The summed E-state index contributed by atoms with van der Waals surface area (Å²) in [4.78, 5) is 0. The van der Waals surface area contributed by atoms with Crippen molar-refractivity contribution in [1.29, 1.82) is 0 Å². The number of rotatable bonds is 6. The highest BCUT2D eigenvalue weighted by atomic mass is 16.4. The zero-order valence-corrected chi connectivity index (χ0v) is 8.80. The van der Waals surface area contributed by atoms with Crippen LogP contribution in [0.25, 0.3) is 0 Å². The first kappa shape index (κ1) is 12.4. The van der Waals surface area contributed by atoms with Gasteiger partial charge in [-0.05, 0) is 46.7 Å². The van der Waals surface area contributed by atoms with Crippen LogP contribution in [-0.4, -0.2) is 29.5 Å². The van der Waals surface area contributed by atoms with Crippen molar-refractivity contribution < 1.29 is 5.21 Å². The maximum absolute atomic E-state index is 8.60. The molecule has 0 aromatic heterocycles. The molecule has 4 N–H and O–H groups in total. The highest BCUT2D eigenvalue weighted by Gasteiger charge is 2.20. The summed E-state index contributed by atoms with van der Waals surface area (Å²) in [5, 5.41) is 15.1. The summed E-state index contributed by atoms with van der Waals surface area (Å²) >= 11 is 0. The third kappa shape index (κ3) is 4.85. The average Bonchev–Trinajstić information content (AvgIpc) is 2.11. The van der Waals surface area contributed by atoms with Crippen molar-refractivity contribution in [3.05, 3.63) is 0 Å². The number of nitrogens with two attached hydrogens (primary N) is 1. The number of hydrogen-bond donors (Lipinski definition) is 3. The van der Waals surface area contributed by atoms with E-state index in [1.807, 2.05) is 13.8 Å². The fourth-order valence-electron chi connectivity index (χ4n) is 0.923. The van der Waals surface area contributed by atoms with Crippen molar-refractivity contribution in [2.24, 2.45) is 10.9 Å². The molecule has 78 valence electrons. The van der Waals surface area contributed by atoms with E-state index in [-0.39, 0.29) is 5.54 Å². The Hall–Kier alpha value is -0.610. The summed E-state index contributed by atoms with van der Waals surface area (Å²) in [5.41, 5.74) is 5.83. The molecule has 0 amide bonds. The molecule has 0 spiro atoms. The maximum atomic E-state index is 8.60. The van der Waals surface area contributed by atoms with Gasteiger partial charge in [0.25, 0.3) is 0 Å². The van der Waals surface area contributed by atoms with Gasteiger partial charge in [-0.25, -0.2) is 0 Å². The fourth-order valence-corrected chi connectivity index (χ4v) is 0.923. The first-order valence-corrected chi connectivity index (χ1v) is 4.69. The summed E-state index contributed by atoms with van der Waals surface area (Å²) in [6.45, 7) is 7.41. The van der Waals surface area contributed by atoms with E-state index in [1.165, 1.54) is 0 Å². The Morgan fingerprint density at radius 3 is 2.54 bits per heavy atom. The summed E-state index contributed by atoms with van der Waals surface area (Å²) in [6.07, 6.45) is 2.08. The summed E-state index contributed by atoms with van der Waals surface area (Å²) < 4.78 is 0. The second-order valence-corrected chi connectivity index (χ2v) is 3.73. The van der Waals surface area contributed by atoms with Gasteiger partial charge in [0.05, 0.1) is 11.3 Å². The first-order valence-electron chi connectivity index (χ1n) is 4.69. The molecule has 0 bridgehead atoms. The van der Waals surface area contributed by atoms with E-state index in [0.29, 0.717) is 5.71 Å². The molecule has 0 atom stereocenters. The molecular weight excluding hydrogens is 166 g/mol. The summed E-state index contributed by atoms with van der Waals surface area (Å²) in [7, 11) is 0. The van der Waals surface area contributed by atoms with Crippen LogP contribution in [0.3, 0.4) is 0 Å². The molecule has 0 fully saturated rings. The Bertz CT molecular complexity index is 166. The summed E-state index contributed by atoms with van der Waals surface area (Å²) in [6, 6.07) is 0. The minimum Gasteiger partial charge on any atom is -0.411 e. The zero-order valence-electron chi connectivity index (χ0n) is 8.80. The van der Waals surface area contributed by atoms with Crippen molar-refractivity contribution in [2.45, 2.75) is 39.2 Å². The van der Waals surface area contributed by atoms with Crippen LogP contribution in [0.15, 0.2) is 5.16 Å². The Balaban J connectivity index is 3.76. The molecule has 4 heteroatoms. The van der Waals surface area contributed by atoms with E-state index in [1.54, 1.807) is 6.92 Å². The Labute approximate surface area is 80.2 Å². The van der Waals surface area contributed by atoms with Crippen molar-refractivity contribution >= 4 is 5.71 Å². The van der Waals surface area contributed by atoms with Gasteiger partial charge in [-0.15, -0.1) is 0 Å². The maximum Gasteiger partial charge on any atom is 0.0734 e. The Morgan fingerprint density at radius 2 is 2.08 bits per heavy atom. The normalized spacial score (nSPS) is 13.4. The molecular formula is C9H21N3O. The predicted molar refractivity (Wildman–Crippen MR) is 55.3 cm³/mol. The lowest BCUT2D eigenvalue weighted by atomic mass is 9.99. The molecule has 0 saturated heterocycles. The van der Waals surface area contributed by atoms with Gasteiger partial charge in [0.1, 0.15) is 0 Å². The average molecular weight is 187 g/mol. The lowest BCUT2D eigenvalue weighted by molar-refractivity contribution is 0.310. The van der Waals surface area contributed by atoms with Gasteiger partial charge in [-0.3, -0.25) is 0 Å². The SMILES string of the molecule is C/C(=N\O)C(C)(C)NCCCCN. The monoisotopic (exact) mass is 187 g/mol. The van der Waals surface area contributed by atoms with Gasteiger partial charge in [0.2, 0.25) is 0 Å². The molecule has 0 saturated carbocycles. The third-order valence-corrected chi connectivity index (χ3v) is 2.25. The number of nitrogens with one attached hydrogen (secondary N) is 1. The van der Waals surface area contributed by atoms with Crippen LogP contribution in [0, 0.1) is 0 Å². The van der Waals surface area contributed by atoms with E-state index in [9.17, 15) is 0 Å². The van der Waals surface area contributed by atoms with E-state index in [0.717, 1.165) is 25.9 Å². The number of oxime groups is 1. The molecule has 13 heavy (non-hydrogen) atoms. The molecule has 0 radical (unpaired) electrons.